The first-order chi connectivity index (χ1) is 29.5. The Morgan fingerprint density at radius 2 is 1.20 bits per heavy atom. The van der Waals surface area contributed by atoms with Gasteiger partial charge in [-0.25, -0.2) is 0 Å². The molecule has 2 saturated carbocycles. The highest BCUT2D eigenvalue weighted by Crippen LogP contribution is 2.65. The van der Waals surface area contributed by atoms with Gasteiger partial charge < -0.3 is 43.4 Å². The molecule has 1 unspecified atom stereocenters. The van der Waals surface area contributed by atoms with Crippen LogP contribution in [0.25, 0.3) is 0 Å². The lowest BCUT2D eigenvalue weighted by molar-refractivity contribution is -0.218. The zero-order valence-corrected chi connectivity index (χ0v) is 34.8. The molecule has 2 N–H and O–H groups in total. The molecule has 60 heavy (non-hydrogen) atoms. The van der Waals surface area contributed by atoms with Crippen LogP contribution in [0.4, 0.5) is 0 Å². The minimum atomic E-state index is -0.910. The zero-order valence-electron chi connectivity index (χ0n) is 34.8. The smallest absolute Gasteiger partial charge is 0.165 e. The van der Waals surface area contributed by atoms with E-state index in [4.69, 9.17) is 33.2 Å². The molecule has 5 aliphatic rings. The Hall–Kier alpha value is -3.84. The third-order valence-corrected chi connectivity index (χ3v) is 14.0. The molecule has 0 radical (unpaired) electrons. The third-order valence-electron chi connectivity index (χ3n) is 14.0. The molecule has 1 spiro atoms. The first kappa shape index (κ1) is 41.5. The van der Waals surface area contributed by atoms with Gasteiger partial charge >= 0.3 is 0 Å². The van der Waals surface area contributed by atoms with E-state index >= 15 is 0 Å². The molecule has 1 saturated heterocycles. The highest BCUT2D eigenvalue weighted by molar-refractivity contribution is 5.62. The van der Waals surface area contributed by atoms with Crippen LogP contribution in [-0.2, 0) is 45.9 Å². The first-order valence-corrected chi connectivity index (χ1v) is 22.3. The van der Waals surface area contributed by atoms with Crippen LogP contribution in [0.1, 0.15) is 66.3 Å². The number of phenolic OH excluding ortho intramolecular Hbond substituents is 1. The van der Waals surface area contributed by atoms with E-state index < -0.39 is 16.6 Å². The predicted octanol–water partition coefficient (Wildman–Crippen LogP) is 6.81. The molecule has 10 heteroatoms. The quantitative estimate of drug-likeness (QED) is 0.0650. The Bertz CT molecular complexity index is 1880. The van der Waals surface area contributed by atoms with Crippen LogP contribution in [0, 0.1) is 5.92 Å². The van der Waals surface area contributed by atoms with Gasteiger partial charge in [-0.15, -0.1) is 0 Å². The van der Waals surface area contributed by atoms with Gasteiger partial charge in [-0.05, 0) is 79.3 Å². The molecule has 0 amide bonds. The highest BCUT2D eigenvalue weighted by Gasteiger charge is 2.73. The first-order valence-electron chi connectivity index (χ1n) is 22.3. The topological polar surface area (TPSA) is 108 Å². The number of rotatable bonds is 22. The maximum absolute atomic E-state index is 12.7. The summed E-state index contributed by atoms with van der Waals surface area (Å²) in [5.41, 5.74) is 3.19. The van der Waals surface area contributed by atoms with Crippen molar-refractivity contribution in [1.29, 1.82) is 0 Å². The summed E-state index contributed by atoms with van der Waals surface area (Å²) in [5, 5.41) is 23.6. The van der Waals surface area contributed by atoms with Gasteiger partial charge in [0.05, 0.1) is 83.2 Å². The second kappa shape index (κ2) is 18.6. The Labute approximate surface area is 354 Å². The molecule has 3 fully saturated rings. The number of nitrogens with zero attached hydrogens (tertiary/aromatic N) is 1. The molecule has 320 valence electrons. The lowest BCUT2D eigenvalue weighted by atomic mass is 9.48. The molecule has 3 aliphatic carbocycles. The van der Waals surface area contributed by atoms with E-state index in [9.17, 15) is 10.2 Å². The van der Waals surface area contributed by atoms with Crippen molar-refractivity contribution in [2.24, 2.45) is 5.92 Å². The average molecular weight is 820 g/mol. The van der Waals surface area contributed by atoms with Crippen molar-refractivity contribution in [2.75, 3.05) is 79.2 Å². The largest absolute Gasteiger partial charge is 0.504 e. The third kappa shape index (κ3) is 7.79. The minimum absolute atomic E-state index is 0.0573. The number of hydrogen-bond donors (Lipinski definition) is 2. The summed E-state index contributed by atoms with van der Waals surface area (Å²) in [6.45, 7) is 6.49. The van der Waals surface area contributed by atoms with Crippen LogP contribution in [0.3, 0.4) is 0 Å². The molecule has 5 atom stereocenters. The lowest BCUT2D eigenvalue weighted by Gasteiger charge is -2.64. The van der Waals surface area contributed by atoms with Crippen molar-refractivity contribution in [1.82, 2.24) is 4.90 Å². The number of piperidine rings is 1. The zero-order chi connectivity index (χ0) is 40.8. The van der Waals surface area contributed by atoms with Crippen molar-refractivity contribution in [2.45, 2.75) is 79.8 Å². The number of likely N-dealkylation sites (tertiary alicyclic amines) is 1. The minimum Gasteiger partial charge on any atom is -0.504 e. The maximum Gasteiger partial charge on any atom is 0.165 e. The average Bonchev–Trinajstić information content (AvgIpc) is 3.63. The Balaban J connectivity index is 0.663. The van der Waals surface area contributed by atoms with E-state index in [0.29, 0.717) is 84.7 Å². The fourth-order valence-electron chi connectivity index (χ4n) is 11.0. The highest BCUT2D eigenvalue weighted by atomic mass is 16.6. The Morgan fingerprint density at radius 1 is 0.650 bits per heavy atom. The van der Waals surface area contributed by atoms with Crippen molar-refractivity contribution in [3.63, 3.8) is 0 Å². The number of benzene rings is 4. The summed E-state index contributed by atoms with van der Waals surface area (Å²) in [5.74, 6) is 1.46. The Morgan fingerprint density at radius 3 is 1.75 bits per heavy atom. The van der Waals surface area contributed by atoms with E-state index in [0.717, 1.165) is 54.1 Å². The fraction of sp³-hybridized carbons (Fsp3) is 0.520. The van der Waals surface area contributed by atoms with Crippen molar-refractivity contribution < 1.29 is 43.4 Å². The van der Waals surface area contributed by atoms with Gasteiger partial charge in [0.1, 0.15) is 11.7 Å². The summed E-state index contributed by atoms with van der Waals surface area (Å²) >= 11 is 0. The van der Waals surface area contributed by atoms with E-state index in [1.54, 1.807) is 6.07 Å². The van der Waals surface area contributed by atoms with Gasteiger partial charge in [-0.2, -0.15) is 0 Å². The summed E-state index contributed by atoms with van der Waals surface area (Å²) in [6.07, 6.45) is 6.35. The molecule has 2 aliphatic heterocycles. The molecular weight excluding hydrogens is 759 g/mol. The molecule has 4 aromatic carbocycles. The normalized spacial score (nSPS) is 25.7. The van der Waals surface area contributed by atoms with Crippen molar-refractivity contribution in [3.8, 4) is 11.5 Å². The van der Waals surface area contributed by atoms with Gasteiger partial charge in [0.15, 0.2) is 11.5 Å². The predicted molar refractivity (Wildman–Crippen MR) is 228 cm³/mol. The molecular formula is C50H61NO9. The van der Waals surface area contributed by atoms with Crippen LogP contribution in [-0.4, -0.2) is 118 Å². The number of ether oxygens (including phenoxy) is 7. The van der Waals surface area contributed by atoms with Crippen molar-refractivity contribution >= 4 is 0 Å². The monoisotopic (exact) mass is 819 g/mol. The summed E-state index contributed by atoms with van der Waals surface area (Å²) in [6, 6.07) is 34.9. The second-order valence-corrected chi connectivity index (χ2v) is 17.2. The SMILES string of the molecule is Oc1ccc2c3c1O[C@H]1C(OCCOCCOCCOCCOCCOC(c4ccccc4)(c4ccccc4)c4ccccc4)CC[C@@]4(O)[C@@H](C2)N(CC2CCC2)CC[C@]314. The van der Waals surface area contributed by atoms with E-state index in [-0.39, 0.29) is 24.0 Å². The van der Waals surface area contributed by atoms with Gasteiger partial charge in [-0.3, -0.25) is 4.90 Å². The van der Waals surface area contributed by atoms with Gasteiger partial charge in [0.2, 0.25) is 0 Å². The number of aliphatic hydroxyl groups is 1. The number of aromatic hydroxyl groups is 1. The standard InChI is InChI=1S/C50H61NO9/c52-42-20-19-38-35-44-49(53)22-21-43(47-48(49,45(38)46(42)60-47)23-24-51(44)36-37-11-10-12-37)58-33-31-56-29-27-54-25-26-55-28-30-57-32-34-59-50(39-13-4-1-5-14-39,40-15-6-2-7-16-40)41-17-8-3-9-18-41/h1-9,13-20,37,43-44,47,52-53H,10-12,21-36H2/t43?,44-,47+,48+,49-/m1/s1. The van der Waals surface area contributed by atoms with E-state index in [1.165, 1.54) is 24.8 Å². The molecule has 0 aromatic heterocycles. The van der Waals surface area contributed by atoms with E-state index in [2.05, 4.69) is 47.4 Å². The molecule has 4 aromatic rings. The van der Waals surface area contributed by atoms with E-state index in [1.807, 2.05) is 54.6 Å². The van der Waals surface area contributed by atoms with Crippen LogP contribution < -0.4 is 4.74 Å². The summed E-state index contributed by atoms with van der Waals surface area (Å²) in [7, 11) is 0. The van der Waals surface area contributed by atoms with Crippen LogP contribution in [0.15, 0.2) is 103 Å². The van der Waals surface area contributed by atoms with Gasteiger partial charge in [-0.1, -0.05) is 103 Å². The number of phenols is 1. The molecule has 2 bridgehead atoms. The van der Waals surface area contributed by atoms with Gasteiger partial charge in [0, 0.05) is 18.2 Å². The molecule has 9 rings (SSSR count). The molecule has 2 heterocycles. The fourth-order valence-corrected chi connectivity index (χ4v) is 11.0. The van der Waals surface area contributed by atoms with Crippen molar-refractivity contribution in [3.05, 3.63) is 131 Å². The van der Waals surface area contributed by atoms with Crippen LogP contribution in [0.5, 0.6) is 11.5 Å². The lowest BCUT2D eigenvalue weighted by Crippen LogP contribution is -2.77. The molecule has 10 nitrogen and oxygen atoms in total. The van der Waals surface area contributed by atoms with Gasteiger partial charge in [0.25, 0.3) is 0 Å². The second-order valence-electron chi connectivity index (χ2n) is 17.2. The Kier molecular flexibility index (Phi) is 12.9. The number of hydrogen-bond acceptors (Lipinski definition) is 10. The summed E-state index contributed by atoms with van der Waals surface area (Å²) < 4.78 is 43.2. The van der Waals surface area contributed by atoms with Crippen LogP contribution >= 0.6 is 0 Å². The maximum atomic E-state index is 12.7. The van der Waals surface area contributed by atoms with Crippen LogP contribution in [0.2, 0.25) is 0 Å². The summed E-state index contributed by atoms with van der Waals surface area (Å²) in [4.78, 5) is 2.57.